The number of benzene rings is 2. The van der Waals surface area contributed by atoms with Crippen LogP contribution in [0.25, 0.3) is 32.2 Å². The number of hydrogen-bond donors (Lipinski definition) is 2. The molecule has 0 spiro atoms. The number of nitrogens with one attached hydrogen (secondary N) is 1. The largest absolute Gasteiger partial charge is 0.494 e. The number of aromatic nitrogens is 3. The molecule has 0 saturated heterocycles. The Morgan fingerprint density at radius 1 is 1.10 bits per heavy atom. The van der Waals surface area contributed by atoms with Gasteiger partial charge in [0.15, 0.2) is 11.5 Å². The van der Waals surface area contributed by atoms with Crippen molar-refractivity contribution in [1.82, 2.24) is 15.0 Å². The Hall–Kier alpha value is -3.78. The van der Waals surface area contributed by atoms with Gasteiger partial charge >= 0.3 is 0 Å². The van der Waals surface area contributed by atoms with Crippen LogP contribution in [0.5, 0.6) is 11.6 Å². The maximum absolute atomic E-state index is 10.4. The number of fused-ring (bicyclic) bond motifs is 2. The maximum Gasteiger partial charge on any atom is 0.218 e. The summed E-state index contributed by atoms with van der Waals surface area (Å²) in [5, 5.41) is 22.8. The van der Waals surface area contributed by atoms with Crippen LogP contribution in [0.4, 0.5) is 11.5 Å². The topological polar surface area (TPSA) is 95.8 Å². The number of aromatic hydroxyl groups is 1. The first-order valence-electron chi connectivity index (χ1n) is 9.82. The van der Waals surface area contributed by atoms with E-state index >= 15 is 0 Å². The number of nitrogens with zero attached hydrogens (tertiary/aromatic N) is 4. The highest BCUT2D eigenvalue weighted by molar-refractivity contribution is 7.17. The zero-order chi connectivity index (χ0) is 21.4. The summed E-state index contributed by atoms with van der Waals surface area (Å²) < 4.78 is 5.52. The van der Waals surface area contributed by atoms with Crippen molar-refractivity contribution in [3.63, 3.8) is 0 Å². The first-order valence-corrected chi connectivity index (χ1v) is 10.7. The van der Waals surface area contributed by atoms with E-state index in [9.17, 15) is 5.11 Å². The molecule has 31 heavy (non-hydrogen) atoms. The lowest BCUT2D eigenvalue weighted by Crippen LogP contribution is -1.90. The lowest BCUT2D eigenvalue weighted by Gasteiger charge is -2.02. The van der Waals surface area contributed by atoms with Gasteiger partial charge in [-0.3, -0.25) is 0 Å². The van der Waals surface area contributed by atoms with Crippen LogP contribution in [-0.4, -0.2) is 26.7 Å². The zero-order valence-corrected chi connectivity index (χ0v) is 17.8. The van der Waals surface area contributed by atoms with Crippen molar-refractivity contribution in [3.8, 4) is 22.8 Å². The molecule has 0 unspecified atom stereocenters. The quantitative estimate of drug-likeness (QED) is 0.305. The average Bonchev–Trinajstić information content (AvgIpc) is 3.34. The van der Waals surface area contributed by atoms with Gasteiger partial charge in [-0.25, -0.2) is 9.97 Å². The minimum absolute atomic E-state index is 0.0539. The van der Waals surface area contributed by atoms with Gasteiger partial charge in [0.25, 0.3) is 0 Å². The molecule has 2 N–H and O–H groups in total. The summed E-state index contributed by atoms with van der Waals surface area (Å²) in [6.45, 7) is 4.55. The number of thiophene rings is 1. The fraction of sp³-hybridized carbons (Fsp3) is 0.130. The molecule has 0 fully saturated rings. The van der Waals surface area contributed by atoms with Gasteiger partial charge in [0.1, 0.15) is 16.9 Å². The molecule has 0 amide bonds. The molecule has 0 aliphatic rings. The van der Waals surface area contributed by atoms with Crippen molar-refractivity contribution >= 4 is 44.0 Å². The van der Waals surface area contributed by atoms with Crippen LogP contribution >= 0.6 is 11.3 Å². The van der Waals surface area contributed by atoms with Crippen molar-refractivity contribution in [2.75, 3.05) is 6.61 Å². The third-order valence-corrected chi connectivity index (χ3v) is 5.88. The molecule has 8 heteroatoms. The molecule has 0 aliphatic heterocycles. The number of hydrogen-bond acceptors (Lipinski definition) is 7. The van der Waals surface area contributed by atoms with Gasteiger partial charge < -0.3 is 14.8 Å². The van der Waals surface area contributed by atoms with Crippen LogP contribution in [0.2, 0.25) is 0 Å². The first kappa shape index (κ1) is 19.2. The molecule has 3 aromatic heterocycles. The minimum Gasteiger partial charge on any atom is -0.494 e. The molecule has 5 aromatic rings. The van der Waals surface area contributed by atoms with E-state index in [1.54, 1.807) is 11.3 Å². The lowest BCUT2D eigenvalue weighted by atomic mass is 10.0. The molecule has 0 bridgehead atoms. The Bertz CT molecular complexity index is 1420. The van der Waals surface area contributed by atoms with E-state index in [4.69, 9.17) is 4.74 Å². The second-order valence-electron chi connectivity index (χ2n) is 7.06. The van der Waals surface area contributed by atoms with Gasteiger partial charge in [-0.2, -0.15) is 0 Å². The summed E-state index contributed by atoms with van der Waals surface area (Å²) in [7, 11) is 0. The smallest absolute Gasteiger partial charge is 0.218 e. The fourth-order valence-corrected chi connectivity index (χ4v) is 4.39. The van der Waals surface area contributed by atoms with E-state index in [2.05, 4.69) is 61.7 Å². The molecule has 3 heterocycles. The van der Waals surface area contributed by atoms with Crippen molar-refractivity contribution < 1.29 is 9.84 Å². The highest BCUT2D eigenvalue weighted by atomic mass is 32.1. The molecular weight excluding hydrogens is 410 g/mol. The number of aromatic amines is 1. The average molecular weight is 430 g/mol. The fourth-order valence-electron chi connectivity index (χ4n) is 3.48. The Balaban J connectivity index is 1.59. The number of azo groups is 1. The van der Waals surface area contributed by atoms with E-state index in [-0.39, 0.29) is 5.88 Å². The summed E-state index contributed by atoms with van der Waals surface area (Å²) >= 11 is 1.54. The van der Waals surface area contributed by atoms with Crippen LogP contribution in [-0.2, 0) is 0 Å². The van der Waals surface area contributed by atoms with E-state index in [0.717, 1.165) is 38.0 Å². The predicted molar refractivity (Wildman–Crippen MR) is 123 cm³/mol. The van der Waals surface area contributed by atoms with Crippen LogP contribution < -0.4 is 4.74 Å². The zero-order valence-electron chi connectivity index (χ0n) is 17.0. The van der Waals surface area contributed by atoms with E-state index in [1.165, 1.54) is 11.9 Å². The van der Waals surface area contributed by atoms with Gasteiger partial charge in [0.05, 0.1) is 17.5 Å². The molecule has 0 atom stereocenters. The third kappa shape index (κ3) is 3.51. The van der Waals surface area contributed by atoms with Crippen molar-refractivity contribution in [2.24, 2.45) is 10.2 Å². The number of rotatable bonds is 5. The molecule has 5 rings (SSSR count). The summed E-state index contributed by atoms with van der Waals surface area (Å²) in [6, 6.07) is 13.8. The predicted octanol–water partition coefficient (Wildman–Crippen LogP) is 6.67. The Morgan fingerprint density at radius 2 is 1.94 bits per heavy atom. The SMILES string of the molecule is CCOc1ccc2c(N=Nc3ncnc4scc(-c5ccc(C)cc5)c34)c(O)[nH]c2c1. The lowest BCUT2D eigenvalue weighted by molar-refractivity contribution is 0.340. The summed E-state index contributed by atoms with van der Waals surface area (Å²) in [5.41, 5.74) is 4.36. The van der Waals surface area contributed by atoms with E-state index in [0.29, 0.717) is 18.1 Å². The summed E-state index contributed by atoms with van der Waals surface area (Å²) in [6.07, 6.45) is 1.48. The molecule has 7 nitrogen and oxygen atoms in total. The highest BCUT2D eigenvalue weighted by Crippen LogP contribution is 2.40. The third-order valence-electron chi connectivity index (χ3n) is 4.99. The van der Waals surface area contributed by atoms with Gasteiger partial charge in [-0.1, -0.05) is 29.8 Å². The molecule has 2 aromatic carbocycles. The van der Waals surface area contributed by atoms with Gasteiger partial charge in [0.2, 0.25) is 5.88 Å². The number of ether oxygens (including phenoxy) is 1. The van der Waals surface area contributed by atoms with Gasteiger partial charge in [0, 0.05) is 22.4 Å². The van der Waals surface area contributed by atoms with Crippen molar-refractivity contribution in [2.45, 2.75) is 13.8 Å². The molecule has 0 saturated carbocycles. The van der Waals surface area contributed by atoms with Crippen LogP contribution in [0.15, 0.2) is 64.4 Å². The van der Waals surface area contributed by atoms with Crippen molar-refractivity contribution in [1.29, 1.82) is 0 Å². The highest BCUT2D eigenvalue weighted by Gasteiger charge is 2.15. The Labute approximate surface area is 182 Å². The Kier molecular flexibility index (Phi) is 4.83. The van der Waals surface area contributed by atoms with Crippen LogP contribution in [0, 0.1) is 6.92 Å². The van der Waals surface area contributed by atoms with Crippen molar-refractivity contribution in [3.05, 3.63) is 59.7 Å². The molecule has 154 valence electrons. The molecular formula is C23H19N5O2S. The van der Waals surface area contributed by atoms with E-state index in [1.807, 2.05) is 25.1 Å². The van der Waals surface area contributed by atoms with Crippen LogP contribution in [0.1, 0.15) is 12.5 Å². The Morgan fingerprint density at radius 3 is 2.74 bits per heavy atom. The minimum atomic E-state index is -0.0539. The number of H-pyrrole nitrogens is 1. The molecule has 0 aliphatic carbocycles. The maximum atomic E-state index is 10.4. The summed E-state index contributed by atoms with van der Waals surface area (Å²) in [5.74, 6) is 1.13. The van der Waals surface area contributed by atoms with Gasteiger partial charge in [-0.15, -0.1) is 21.6 Å². The van der Waals surface area contributed by atoms with E-state index < -0.39 is 0 Å². The summed E-state index contributed by atoms with van der Waals surface area (Å²) in [4.78, 5) is 12.5. The second-order valence-corrected chi connectivity index (χ2v) is 7.91. The normalized spacial score (nSPS) is 11.7. The number of aryl methyl sites for hydroxylation is 1. The molecule has 0 radical (unpaired) electrons. The standard InChI is InChI=1S/C23H19N5O2S/c1-3-30-15-8-9-16-18(10-15)26-22(29)20(16)27-28-21-19-17(11-31-23(19)25-12-24-21)14-6-4-13(2)5-7-14/h4-12,26,29H,3H2,1-2H3. The van der Waals surface area contributed by atoms with Gasteiger partial charge in [-0.05, 0) is 31.5 Å². The second kappa shape index (κ2) is 7.81. The first-order chi connectivity index (χ1) is 15.1. The monoisotopic (exact) mass is 429 g/mol. The van der Waals surface area contributed by atoms with Crippen LogP contribution in [0.3, 0.4) is 0 Å².